The molecule has 0 aliphatic carbocycles. The summed E-state index contributed by atoms with van der Waals surface area (Å²) in [4.78, 5) is 40.7. The first-order valence-electron chi connectivity index (χ1n) is 13.8. The summed E-state index contributed by atoms with van der Waals surface area (Å²) >= 11 is 0. The highest BCUT2D eigenvalue weighted by atomic mass is 16.3. The standard InChI is InChI=1S/C31H36N6O3/c1-19(2)30(37-16-25(15-35-37)24-6-5-11-32-14-24)31(40)36-17-26(38)13-27(36)28(39)12-20(3)22-7-9-23(10-8-22)29-21(4)33-18-34-29/h5-11,14-16,18-20,26-27,30,38H,12-13,17H2,1-4H3,(H,33,34)/t20-,26-,27+,30+/m1/s1. The number of hydrogen-bond donors (Lipinski definition) is 2. The van der Waals surface area contributed by atoms with Crippen LogP contribution in [-0.4, -0.2) is 65.1 Å². The molecular formula is C31H36N6O3. The van der Waals surface area contributed by atoms with Gasteiger partial charge >= 0.3 is 0 Å². The predicted octanol–water partition coefficient (Wildman–Crippen LogP) is 4.57. The number of β-amino-alcohol motifs (C(OH)–C–C–N with tert-alkyl or cyclic N) is 1. The third kappa shape index (κ3) is 5.60. The maximum Gasteiger partial charge on any atom is 0.248 e. The van der Waals surface area contributed by atoms with Crippen LogP contribution in [0.15, 0.2) is 67.5 Å². The molecule has 9 heteroatoms. The Labute approximate surface area is 234 Å². The highest BCUT2D eigenvalue weighted by Crippen LogP contribution is 2.31. The fourth-order valence-corrected chi connectivity index (χ4v) is 5.58. The average molecular weight is 541 g/mol. The van der Waals surface area contributed by atoms with Gasteiger partial charge in [0.15, 0.2) is 5.78 Å². The van der Waals surface area contributed by atoms with Gasteiger partial charge in [0.1, 0.15) is 6.04 Å². The number of aromatic nitrogens is 5. The van der Waals surface area contributed by atoms with Crippen LogP contribution >= 0.6 is 0 Å². The van der Waals surface area contributed by atoms with Crippen LogP contribution in [0.4, 0.5) is 0 Å². The van der Waals surface area contributed by atoms with Crippen molar-refractivity contribution in [3.05, 3.63) is 78.8 Å². The Hall–Kier alpha value is -4.11. The SMILES string of the molecule is Cc1[nH]cnc1-c1ccc([C@H](C)CC(=O)[C@@H]2C[C@@H](O)CN2C(=O)[C@H](C(C)C)n2cc(-c3cccnc3)cn2)cc1. The highest BCUT2D eigenvalue weighted by Gasteiger charge is 2.42. The number of pyridine rings is 1. The Kier molecular flexibility index (Phi) is 7.93. The van der Waals surface area contributed by atoms with E-state index < -0.39 is 18.2 Å². The van der Waals surface area contributed by atoms with Crippen LogP contribution in [0, 0.1) is 12.8 Å². The van der Waals surface area contributed by atoms with Crippen LogP contribution in [0.2, 0.25) is 0 Å². The number of aromatic amines is 1. The average Bonchev–Trinajstić information content (AvgIpc) is 3.69. The molecule has 0 unspecified atom stereocenters. The van der Waals surface area contributed by atoms with Gasteiger partial charge in [0.2, 0.25) is 5.91 Å². The van der Waals surface area contributed by atoms with E-state index in [0.29, 0.717) is 0 Å². The summed E-state index contributed by atoms with van der Waals surface area (Å²) < 4.78 is 1.67. The van der Waals surface area contributed by atoms with Crippen LogP contribution < -0.4 is 0 Å². The molecule has 3 aromatic heterocycles. The fourth-order valence-electron chi connectivity index (χ4n) is 5.58. The van der Waals surface area contributed by atoms with E-state index in [0.717, 1.165) is 33.6 Å². The van der Waals surface area contributed by atoms with E-state index in [1.807, 2.05) is 70.3 Å². The first-order chi connectivity index (χ1) is 19.2. The Morgan fingerprint density at radius 3 is 2.50 bits per heavy atom. The van der Waals surface area contributed by atoms with E-state index in [1.165, 1.54) is 0 Å². The summed E-state index contributed by atoms with van der Waals surface area (Å²) in [7, 11) is 0. The highest BCUT2D eigenvalue weighted by molar-refractivity contribution is 5.91. The number of carbonyl (C=O) groups is 2. The third-order valence-electron chi connectivity index (χ3n) is 7.79. The van der Waals surface area contributed by atoms with E-state index in [1.54, 1.807) is 34.5 Å². The molecule has 2 N–H and O–H groups in total. The maximum absolute atomic E-state index is 13.9. The normalized spacial score (nSPS) is 18.7. The van der Waals surface area contributed by atoms with Crippen molar-refractivity contribution in [2.24, 2.45) is 5.92 Å². The second-order valence-electron chi connectivity index (χ2n) is 11.1. The lowest BCUT2D eigenvalue weighted by atomic mass is 9.91. The van der Waals surface area contributed by atoms with Crippen LogP contribution in [0.3, 0.4) is 0 Å². The Balaban J connectivity index is 1.30. The van der Waals surface area contributed by atoms with Crippen LogP contribution in [-0.2, 0) is 9.59 Å². The number of aliphatic hydroxyl groups excluding tert-OH is 1. The van der Waals surface area contributed by atoms with E-state index in [-0.39, 0.29) is 42.9 Å². The van der Waals surface area contributed by atoms with Crippen molar-refractivity contribution in [2.45, 2.75) is 64.6 Å². The number of imidazole rings is 1. The summed E-state index contributed by atoms with van der Waals surface area (Å²) in [5.74, 6) is -0.343. The first-order valence-corrected chi connectivity index (χ1v) is 13.8. The largest absolute Gasteiger partial charge is 0.391 e. The summed E-state index contributed by atoms with van der Waals surface area (Å²) in [6.07, 6.45) is 8.51. The molecule has 9 nitrogen and oxygen atoms in total. The zero-order valence-corrected chi connectivity index (χ0v) is 23.4. The van der Waals surface area contributed by atoms with Gasteiger partial charge in [0, 0.05) is 60.4 Å². The van der Waals surface area contributed by atoms with Crippen molar-refractivity contribution in [3.8, 4) is 22.4 Å². The van der Waals surface area contributed by atoms with Crippen LogP contribution in [0.1, 0.15) is 56.8 Å². The van der Waals surface area contributed by atoms with Gasteiger partial charge in [-0.2, -0.15) is 5.10 Å². The van der Waals surface area contributed by atoms with Gasteiger partial charge in [-0.3, -0.25) is 19.3 Å². The van der Waals surface area contributed by atoms with E-state index in [2.05, 4.69) is 20.1 Å². The van der Waals surface area contributed by atoms with Gasteiger partial charge in [-0.1, -0.05) is 51.1 Å². The summed E-state index contributed by atoms with van der Waals surface area (Å²) in [5, 5.41) is 15.0. The lowest BCUT2D eigenvalue weighted by Crippen LogP contribution is -2.45. The molecule has 0 saturated carbocycles. The molecule has 4 heterocycles. The first kappa shape index (κ1) is 27.5. The zero-order chi connectivity index (χ0) is 28.4. The molecule has 1 aliphatic rings. The number of carbonyl (C=O) groups excluding carboxylic acids is 2. The van der Waals surface area contributed by atoms with E-state index in [4.69, 9.17) is 0 Å². The summed E-state index contributed by atoms with van der Waals surface area (Å²) in [6.45, 7) is 8.07. The van der Waals surface area contributed by atoms with Gasteiger partial charge in [-0.15, -0.1) is 0 Å². The molecular weight excluding hydrogens is 504 g/mol. The Morgan fingerprint density at radius 2 is 1.85 bits per heavy atom. The molecule has 1 fully saturated rings. The second-order valence-corrected chi connectivity index (χ2v) is 11.1. The van der Waals surface area contributed by atoms with Crippen molar-refractivity contribution in [1.29, 1.82) is 0 Å². The van der Waals surface area contributed by atoms with Gasteiger partial charge in [0.25, 0.3) is 0 Å². The number of rotatable bonds is 9. The lowest BCUT2D eigenvalue weighted by molar-refractivity contribution is -0.142. The van der Waals surface area contributed by atoms with Crippen molar-refractivity contribution >= 4 is 11.7 Å². The van der Waals surface area contributed by atoms with Gasteiger partial charge in [-0.25, -0.2) is 4.98 Å². The Morgan fingerprint density at radius 1 is 1.07 bits per heavy atom. The quantitative estimate of drug-likeness (QED) is 0.321. The van der Waals surface area contributed by atoms with E-state index in [9.17, 15) is 14.7 Å². The number of benzene rings is 1. The van der Waals surface area contributed by atoms with E-state index >= 15 is 0 Å². The number of H-pyrrole nitrogens is 1. The molecule has 4 atom stereocenters. The topological polar surface area (TPSA) is 117 Å². The van der Waals surface area contributed by atoms with Gasteiger partial charge in [0.05, 0.1) is 30.4 Å². The minimum atomic E-state index is -0.735. The zero-order valence-electron chi connectivity index (χ0n) is 23.4. The second kappa shape index (κ2) is 11.6. The maximum atomic E-state index is 13.9. The van der Waals surface area contributed by atoms with Crippen molar-refractivity contribution in [3.63, 3.8) is 0 Å². The number of Topliss-reactive ketones (excluding diaryl/α,β-unsaturated/α-hetero) is 1. The fraction of sp³-hybridized carbons (Fsp3) is 0.387. The molecule has 1 aromatic carbocycles. The molecule has 40 heavy (non-hydrogen) atoms. The van der Waals surface area contributed by atoms with Crippen LogP contribution in [0.5, 0.6) is 0 Å². The number of likely N-dealkylation sites (tertiary alicyclic amines) is 1. The number of amides is 1. The summed E-state index contributed by atoms with van der Waals surface area (Å²) in [6, 6.07) is 10.6. The van der Waals surface area contributed by atoms with Crippen molar-refractivity contribution < 1.29 is 14.7 Å². The number of aliphatic hydroxyl groups is 1. The molecule has 1 saturated heterocycles. The third-order valence-corrected chi connectivity index (χ3v) is 7.79. The molecule has 1 aliphatic heterocycles. The number of aryl methyl sites for hydroxylation is 1. The molecule has 5 rings (SSSR count). The smallest absolute Gasteiger partial charge is 0.248 e. The van der Waals surface area contributed by atoms with Gasteiger partial charge in [-0.05, 0) is 30.4 Å². The van der Waals surface area contributed by atoms with Crippen molar-refractivity contribution in [1.82, 2.24) is 29.6 Å². The van der Waals surface area contributed by atoms with Gasteiger partial charge < -0.3 is 15.0 Å². The molecule has 0 bridgehead atoms. The molecule has 0 spiro atoms. The molecule has 0 radical (unpaired) electrons. The summed E-state index contributed by atoms with van der Waals surface area (Å²) in [5.41, 5.74) is 5.75. The van der Waals surface area contributed by atoms with Crippen molar-refractivity contribution in [2.75, 3.05) is 6.54 Å². The molecule has 1 amide bonds. The number of hydrogen-bond acceptors (Lipinski definition) is 6. The number of nitrogens with one attached hydrogen (secondary N) is 1. The Bertz CT molecular complexity index is 1460. The minimum absolute atomic E-state index is 0.0365. The lowest BCUT2D eigenvalue weighted by Gasteiger charge is -2.30. The molecule has 208 valence electrons. The minimum Gasteiger partial charge on any atom is -0.391 e. The predicted molar refractivity (Wildman–Crippen MR) is 152 cm³/mol. The monoisotopic (exact) mass is 540 g/mol. The number of nitrogens with zero attached hydrogens (tertiary/aromatic N) is 5. The van der Waals surface area contributed by atoms with Crippen LogP contribution in [0.25, 0.3) is 22.4 Å². The molecule has 4 aromatic rings. The number of ketones is 1.